The molecule has 0 aromatic heterocycles. The van der Waals surface area contributed by atoms with Crippen LogP contribution in [0.1, 0.15) is 25.8 Å². The van der Waals surface area contributed by atoms with Crippen molar-refractivity contribution in [2.45, 2.75) is 31.8 Å². The highest BCUT2D eigenvalue weighted by Gasteiger charge is 2.38. The third-order valence-corrected chi connectivity index (χ3v) is 3.12. The van der Waals surface area contributed by atoms with Crippen LogP contribution >= 0.6 is 0 Å². The molecular formula is C13H19N3. The van der Waals surface area contributed by atoms with E-state index < -0.39 is 5.54 Å². The van der Waals surface area contributed by atoms with Gasteiger partial charge in [-0.3, -0.25) is 4.99 Å². The maximum Gasteiger partial charge on any atom is 0.0677 e. The summed E-state index contributed by atoms with van der Waals surface area (Å²) in [5.41, 5.74) is 14.1. The fourth-order valence-corrected chi connectivity index (χ4v) is 2.37. The van der Waals surface area contributed by atoms with E-state index in [-0.39, 0.29) is 6.04 Å². The predicted octanol–water partition coefficient (Wildman–Crippen LogP) is 1.93. The average Bonchev–Trinajstić information content (AvgIpc) is 2.23. The van der Waals surface area contributed by atoms with Crippen LogP contribution < -0.4 is 11.5 Å². The van der Waals surface area contributed by atoms with Gasteiger partial charge in [-0.25, -0.2) is 0 Å². The summed E-state index contributed by atoms with van der Waals surface area (Å²) in [6.07, 6.45) is 2.64. The molecule has 0 saturated heterocycles. The lowest BCUT2D eigenvalue weighted by molar-refractivity contribution is 0.329. The van der Waals surface area contributed by atoms with Crippen molar-refractivity contribution in [2.75, 3.05) is 0 Å². The summed E-state index contributed by atoms with van der Waals surface area (Å²) >= 11 is 0. The van der Waals surface area contributed by atoms with Crippen LogP contribution in [0.15, 0.2) is 29.3 Å². The van der Waals surface area contributed by atoms with Crippen molar-refractivity contribution < 1.29 is 0 Å². The molecule has 3 nitrogen and oxygen atoms in total. The first-order chi connectivity index (χ1) is 7.54. The van der Waals surface area contributed by atoms with Gasteiger partial charge in [-0.2, -0.15) is 0 Å². The fraction of sp³-hybridized carbons (Fsp3) is 0.462. The fourth-order valence-electron chi connectivity index (χ4n) is 2.37. The minimum atomic E-state index is -0.480. The first kappa shape index (κ1) is 11.3. The second-order valence-corrected chi connectivity index (χ2v) is 4.96. The third kappa shape index (κ3) is 1.77. The van der Waals surface area contributed by atoms with Gasteiger partial charge in [-0.05, 0) is 24.0 Å². The Morgan fingerprint density at radius 1 is 1.38 bits per heavy atom. The van der Waals surface area contributed by atoms with Crippen LogP contribution in [0.25, 0.3) is 0 Å². The summed E-state index contributed by atoms with van der Waals surface area (Å²) in [6, 6.07) is 7.79. The van der Waals surface area contributed by atoms with Crippen molar-refractivity contribution in [1.82, 2.24) is 0 Å². The molecule has 1 aromatic carbocycles. The molecule has 0 bridgehead atoms. The third-order valence-electron chi connectivity index (χ3n) is 3.12. The quantitative estimate of drug-likeness (QED) is 0.795. The minimum absolute atomic E-state index is 0.204. The van der Waals surface area contributed by atoms with Gasteiger partial charge >= 0.3 is 0 Å². The van der Waals surface area contributed by atoms with Gasteiger partial charge in [-0.1, -0.05) is 32.0 Å². The molecule has 86 valence electrons. The molecule has 1 aliphatic rings. The van der Waals surface area contributed by atoms with E-state index in [2.05, 4.69) is 18.8 Å². The average molecular weight is 217 g/mol. The smallest absolute Gasteiger partial charge is 0.0677 e. The highest BCUT2D eigenvalue weighted by atomic mass is 14.9. The number of hydrogen-bond donors (Lipinski definition) is 2. The number of hydrogen-bond acceptors (Lipinski definition) is 3. The molecule has 0 fully saturated rings. The van der Waals surface area contributed by atoms with Crippen LogP contribution in [0.4, 0.5) is 5.69 Å². The highest BCUT2D eigenvalue weighted by Crippen LogP contribution is 2.37. The number of rotatable bonds is 2. The highest BCUT2D eigenvalue weighted by molar-refractivity contribution is 5.76. The summed E-state index contributed by atoms with van der Waals surface area (Å²) in [6.45, 7) is 4.32. The number of para-hydroxylation sites is 1. The first-order valence-electron chi connectivity index (χ1n) is 5.72. The minimum Gasteiger partial charge on any atom is -0.321 e. The van der Waals surface area contributed by atoms with E-state index in [4.69, 9.17) is 11.5 Å². The van der Waals surface area contributed by atoms with Crippen LogP contribution in [-0.4, -0.2) is 12.3 Å². The predicted molar refractivity (Wildman–Crippen MR) is 67.9 cm³/mol. The molecule has 0 radical (unpaired) electrons. The van der Waals surface area contributed by atoms with E-state index in [1.54, 1.807) is 6.21 Å². The van der Waals surface area contributed by atoms with E-state index in [9.17, 15) is 0 Å². The SMILES string of the molecule is CC(C)CC1(N)c2ccccc2N=CC1N. The number of nitrogens with zero attached hydrogens (tertiary/aromatic N) is 1. The Labute approximate surface area is 96.6 Å². The molecule has 0 spiro atoms. The molecule has 2 rings (SSSR count). The van der Waals surface area contributed by atoms with Gasteiger partial charge in [0.2, 0.25) is 0 Å². The molecule has 1 aliphatic heterocycles. The Balaban J connectivity index is 2.48. The van der Waals surface area contributed by atoms with Gasteiger partial charge in [-0.15, -0.1) is 0 Å². The number of fused-ring (bicyclic) bond motifs is 1. The summed E-state index contributed by atoms with van der Waals surface area (Å²) in [5.74, 6) is 0.510. The Morgan fingerprint density at radius 3 is 2.75 bits per heavy atom. The van der Waals surface area contributed by atoms with Crippen molar-refractivity contribution in [1.29, 1.82) is 0 Å². The van der Waals surface area contributed by atoms with Crippen LogP contribution in [0.2, 0.25) is 0 Å². The zero-order chi connectivity index (χ0) is 11.8. The second-order valence-electron chi connectivity index (χ2n) is 4.96. The van der Waals surface area contributed by atoms with E-state index in [1.165, 1.54) is 0 Å². The van der Waals surface area contributed by atoms with Crippen LogP contribution in [0, 0.1) is 5.92 Å². The Kier molecular flexibility index (Phi) is 2.82. The van der Waals surface area contributed by atoms with Crippen molar-refractivity contribution >= 4 is 11.9 Å². The summed E-state index contributed by atoms with van der Waals surface area (Å²) in [4.78, 5) is 4.35. The zero-order valence-electron chi connectivity index (χ0n) is 9.85. The topological polar surface area (TPSA) is 64.4 Å². The molecule has 1 heterocycles. The lowest BCUT2D eigenvalue weighted by Gasteiger charge is -2.38. The summed E-state index contributed by atoms with van der Waals surface area (Å²) < 4.78 is 0. The van der Waals surface area contributed by atoms with Crippen LogP contribution in [0.3, 0.4) is 0 Å². The first-order valence-corrected chi connectivity index (χ1v) is 5.72. The number of benzene rings is 1. The number of nitrogens with two attached hydrogens (primary N) is 2. The molecule has 3 heteroatoms. The lowest BCUT2D eigenvalue weighted by Crippen LogP contribution is -2.55. The molecule has 16 heavy (non-hydrogen) atoms. The molecule has 0 saturated carbocycles. The lowest BCUT2D eigenvalue weighted by atomic mass is 9.76. The molecule has 4 N–H and O–H groups in total. The van der Waals surface area contributed by atoms with Gasteiger partial charge in [0.1, 0.15) is 0 Å². The molecular weight excluding hydrogens is 198 g/mol. The van der Waals surface area contributed by atoms with Gasteiger partial charge in [0.05, 0.1) is 17.3 Å². The molecule has 0 amide bonds. The van der Waals surface area contributed by atoms with E-state index in [1.807, 2.05) is 24.3 Å². The molecule has 2 atom stereocenters. The number of aliphatic imine (C=N–C) groups is 1. The Hall–Kier alpha value is -1.19. The normalized spacial score (nSPS) is 28.2. The monoisotopic (exact) mass is 217 g/mol. The standard InChI is InChI=1S/C13H19N3/c1-9(2)7-13(15)10-5-3-4-6-11(10)16-8-12(13)14/h3-6,8-9,12H,7,14-15H2,1-2H3. The maximum atomic E-state index is 6.50. The van der Waals surface area contributed by atoms with Crippen molar-refractivity contribution in [3.05, 3.63) is 29.8 Å². The van der Waals surface area contributed by atoms with Crippen LogP contribution in [-0.2, 0) is 5.54 Å². The van der Waals surface area contributed by atoms with Gasteiger partial charge < -0.3 is 11.5 Å². The Bertz CT molecular complexity index is 411. The molecule has 2 unspecified atom stereocenters. The van der Waals surface area contributed by atoms with Crippen molar-refractivity contribution in [3.63, 3.8) is 0 Å². The Morgan fingerprint density at radius 2 is 2.06 bits per heavy atom. The maximum absolute atomic E-state index is 6.50. The summed E-state index contributed by atoms with van der Waals surface area (Å²) in [7, 11) is 0. The van der Waals surface area contributed by atoms with E-state index >= 15 is 0 Å². The van der Waals surface area contributed by atoms with E-state index in [0.29, 0.717) is 5.92 Å². The van der Waals surface area contributed by atoms with Crippen molar-refractivity contribution in [2.24, 2.45) is 22.4 Å². The van der Waals surface area contributed by atoms with Crippen LogP contribution in [0.5, 0.6) is 0 Å². The molecule has 0 aliphatic carbocycles. The molecule has 1 aromatic rings. The second kappa shape index (κ2) is 4.00. The van der Waals surface area contributed by atoms with Crippen molar-refractivity contribution in [3.8, 4) is 0 Å². The van der Waals surface area contributed by atoms with Gasteiger partial charge in [0, 0.05) is 6.21 Å². The van der Waals surface area contributed by atoms with Gasteiger partial charge in [0.25, 0.3) is 0 Å². The summed E-state index contributed by atoms with van der Waals surface area (Å²) in [5, 5.41) is 0. The zero-order valence-corrected chi connectivity index (χ0v) is 9.85. The van der Waals surface area contributed by atoms with E-state index in [0.717, 1.165) is 17.7 Å². The largest absolute Gasteiger partial charge is 0.321 e. The van der Waals surface area contributed by atoms with Gasteiger partial charge in [0.15, 0.2) is 0 Å².